The fourth-order valence-corrected chi connectivity index (χ4v) is 1.05. The molecular formula is C9H10N3O2+. The first-order valence-electron chi connectivity index (χ1n) is 4.06. The van der Waals surface area contributed by atoms with Gasteiger partial charge in [-0.2, -0.15) is 4.79 Å². The fraction of sp³-hybridized carbons (Fsp3) is 0.222. The molecule has 1 atom stereocenters. The molecule has 0 unspecified atom stereocenters. The van der Waals surface area contributed by atoms with Crippen molar-refractivity contribution in [1.29, 1.82) is 5.39 Å². The molecule has 14 heavy (non-hydrogen) atoms. The summed E-state index contributed by atoms with van der Waals surface area (Å²) in [4.78, 5) is 13.3. The molecule has 0 aliphatic carbocycles. The van der Waals surface area contributed by atoms with Crippen LogP contribution in [-0.2, 0) is 11.2 Å². The molecule has 1 rings (SSSR count). The second-order valence-corrected chi connectivity index (χ2v) is 2.92. The average Bonchev–Trinajstić information content (AvgIpc) is 2.20. The number of phenolic OH excluding ortho intramolecular Hbond substituents is 1. The van der Waals surface area contributed by atoms with Crippen LogP contribution >= 0.6 is 0 Å². The highest BCUT2D eigenvalue weighted by atomic mass is 16.3. The van der Waals surface area contributed by atoms with Crippen molar-refractivity contribution in [2.45, 2.75) is 12.5 Å². The van der Waals surface area contributed by atoms with Gasteiger partial charge in [-0.25, -0.2) is 0 Å². The number of rotatable bonds is 3. The molecule has 5 heteroatoms. The van der Waals surface area contributed by atoms with Crippen molar-refractivity contribution in [2.24, 2.45) is 5.73 Å². The summed E-state index contributed by atoms with van der Waals surface area (Å²) in [5.74, 6) is -0.599. The van der Waals surface area contributed by atoms with Gasteiger partial charge in [-0.1, -0.05) is 12.1 Å². The maximum Gasteiger partial charge on any atom is 0.577 e. The van der Waals surface area contributed by atoms with E-state index in [0.717, 1.165) is 5.56 Å². The van der Waals surface area contributed by atoms with Gasteiger partial charge in [0.05, 0.1) is 0 Å². The van der Waals surface area contributed by atoms with Gasteiger partial charge in [-0.15, -0.1) is 0 Å². The number of phenols is 1. The Kier molecular flexibility index (Phi) is 3.15. The molecule has 0 aromatic heterocycles. The first-order valence-corrected chi connectivity index (χ1v) is 4.06. The lowest BCUT2D eigenvalue weighted by molar-refractivity contribution is -0.116. The molecule has 0 aliphatic rings. The van der Waals surface area contributed by atoms with Crippen LogP contribution < -0.4 is 5.73 Å². The molecule has 0 spiro atoms. The third kappa shape index (κ3) is 2.54. The number of amides is 1. The van der Waals surface area contributed by atoms with Crippen molar-refractivity contribution >= 4 is 5.91 Å². The fourth-order valence-electron chi connectivity index (χ4n) is 1.05. The van der Waals surface area contributed by atoms with E-state index in [1.807, 2.05) is 0 Å². The van der Waals surface area contributed by atoms with Gasteiger partial charge in [0.2, 0.25) is 10.4 Å². The van der Waals surface area contributed by atoms with Gasteiger partial charge >= 0.3 is 5.91 Å². The van der Waals surface area contributed by atoms with Crippen LogP contribution in [0.3, 0.4) is 0 Å². The minimum Gasteiger partial charge on any atom is -0.508 e. The molecule has 0 heterocycles. The van der Waals surface area contributed by atoms with Gasteiger partial charge in [-0.3, -0.25) is 0 Å². The highest BCUT2D eigenvalue weighted by molar-refractivity contribution is 5.90. The highest BCUT2D eigenvalue weighted by Crippen LogP contribution is 2.11. The lowest BCUT2D eigenvalue weighted by Crippen LogP contribution is -2.30. The Morgan fingerprint density at radius 2 is 2.07 bits per heavy atom. The maximum absolute atomic E-state index is 10.8. The van der Waals surface area contributed by atoms with Crippen LogP contribution in [0.25, 0.3) is 4.98 Å². The van der Waals surface area contributed by atoms with Crippen LogP contribution in [0, 0.1) is 5.39 Å². The summed E-state index contributed by atoms with van der Waals surface area (Å²) in [5, 5.41) is 17.2. The second-order valence-electron chi connectivity index (χ2n) is 2.92. The number of diazo groups is 1. The standard InChI is InChI=1S/C9H9N3O2/c10-8(9(14)12-11)5-6-1-3-7(13)4-2-6/h1-4,8H,5,10H2/p+1/t8-/m0/s1. The number of aromatic hydroxyl groups is 1. The van der Waals surface area contributed by atoms with Crippen molar-refractivity contribution in [3.8, 4) is 5.75 Å². The SMILES string of the molecule is N#[N+]C(=O)[C@@H](N)Cc1ccc(O)cc1. The summed E-state index contributed by atoms with van der Waals surface area (Å²) in [5.41, 5.74) is 6.23. The Morgan fingerprint density at radius 3 is 2.57 bits per heavy atom. The van der Waals surface area contributed by atoms with E-state index in [-0.39, 0.29) is 12.2 Å². The lowest BCUT2D eigenvalue weighted by atomic mass is 10.1. The molecule has 5 nitrogen and oxygen atoms in total. The summed E-state index contributed by atoms with van der Waals surface area (Å²) < 4.78 is 0. The molecule has 1 amide bonds. The van der Waals surface area contributed by atoms with E-state index in [1.165, 1.54) is 12.1 Å². The third-order valence-electron chi connectivity index (χ3n) is 1.81. The Hall–Kier alpha value is -1.93. The Bertz CT molecular complexity index is 367. The second kappa shape index (κ2) is 4.35. The number of nitrogens with two attached hydrogens (primary N) is 1. The van der Waals surface area contributed by atoms with Gasteiger partial charge in [0, 0.05) is 6.42 Å². The number of hydrogen-bond donors (Lipinski definition) is 2. The molecular weight excluding hydrogens is 182 g/mol. The summed E-state index contributed by atoms with van der Waals surface area (Å²) in [6, 6.07) is 5.47. The summed E-state index contributed by atoms with van der Waals surface area (Å²) >= 11 is 0. The Labute approximate surface area is 80.8 Å². The number of nitrogens with zero attached hydrogens (tertiary/aromatic N) is 2. The molecule has 0 aliphatic heterocycles. The van der Waals surface area contributed by atoms with Gasteiger partial charge in [-0.05, 0) is 17.7 Å². The predicted octanol–water partition coefficient (Wildman–Crippen LogP) is 0.642. The zero-order valence-corrected chi connectivity index (χ0v) is 7.42. The molecule has 0 bridgehead atoms. The molecule has 0 radical (unpaired) electrons. The van der Waals surface area contributed by atoms with Gasteiger partial charge in [0.25, 0.3) is 0 Å². The average molecular weight is 192 g/mol. The minimum atomic E-state index is -0.843. The first-order chi connectivity index (χ1) is 6.63. The number of carbonyl (C=O) groups is 1. The van der Waals surface area contributed by atoms with E-state index in [1.54, 1.807) is 12.1 Å². The normalized spacial score (nSPS) is 11.7. The van der Waals surface area contributed by atoms with Crippen LogP contribution in [0.4, 0.5) is 0 Å². The van der Waals surface area contributed by atoms with E-state index in [9.17, 15) is 4.79 Å². The van der Waals surface area contributed by atoms with Crippen LogP contribution in [0.1, 0.15) is 5.56 Å². The third-order valence-corrected chi connectivity index (χ3v) is 1.81. The maximum atomic E-state index is 10.8. The monoisotopic (exact) mass is 192 g/mol. The molecule has 1 aromatic carbocycles. The van der Waals surface area contributed by atoms with Gasteiger partial charge < -0.3 is 10.8 Å². The van der Waals surface area contributed by atoms with E-state index in [0.29, 0.717) is 0 Å². The number of hydrogen-bond acceptors (Lipinski definition) is 4. The van der Waals surface area contributed by atoms with Crippen LogP contribution in [0.15, 0.2) is 24.3 Å². The highest BCUT2D eigenvalue weighted by Gasteiger charge is 2.25. The molecule has 72 valence electrons. The molecule has 3 N–H and O–H groups in total. The van der Waals surface area contributed by atoms with Crippen molar-refractivity contribution < 1.29 is 9.90 Å². The summed E-state index contributed by atoms with van der Waals surface area (Å²) in [6.07, 6.45) is 0.281. The summed E-state index contributed by atoms with van der Waals surface area (Å²) in [6.45, 7) is 0. The zero-order valence-electron chi connectivity index (χ0n) is 7.42. The quantitative estimate of drug-likeness (QED) is 0.687. The van der Waals surface area contributed by atoms with Crippen LogP contribution in [-0.4, -0.2) is 17.1 Å². The number of benzene rings is 1. The van der Waals surface area contributed by atoms with Crippen molar-refractivity contribution in [2.75, 3.05) is 0 Å². The summed E-state index contributed by atoms with van der Waals surface area (Å²) in [7, 11) is 0. The molecule has 0 fully saturated rings. The molecule has 0 saturated carbocycles. The van der Waals surface area contributed by atoms with E-state index in [4.69, 9.17) is 16.2 Å². The van der Waals surface area contributed by atoms with Crippen LogP contribution in [0.5, 0.6) is 5.75 Å². The zero-order chi connectivity index (χ0) is 10.6. The van der Waals surface area contributed by atoms with Crippen molar-refractivity contribution in [3.63, 3.8) is 0 Å². The lowest BCUT2D eigenvalue weighted by Gasteiger charge is -2.01. The molecule has 0 saturated heterocycles. The van der Waals surface area contributed by atoms with Crippen molar-refractivity contribution in [3.05, 3.63) is 34.8 Å². The molecule has 1 aromatic rings. The van der Waals surface area contributed by atoms with E-state index >= 15 is 0 Å². The number of carbonyl (C=O) groups excluding carboxylic acids is 1. The Morgan fingerprint density at radius 1 is 1.50 bits per heavy atom. The van der Waals surface area contributed by atoms with Crippen molar-refractivity contribution in [1.82, 2.24) is 0 Å². The van der Waals surface area contributed by atoms with Gasteiger partial charge in [0.15, 0.2) is 6.04 Å². The Balaban J connectivity index is 2.66. The van der Waals surface area contributed by atoms with Crippen LogP contribution in [0.2, 0.25) is 0 Å². The van der Waals surface area contributed by atoms with Gasteiger partial charge in [0.1, 0.15) is 5.75 Å². The largest absolute Gasteiger partial charge is 0.577 e. The first kappa shape index (κ1) is 10.2. The minimum absolute atomic E-state index is 0.153. The predicted molar refractivity (Wildman–Crippen MR) is 49.9 cm³/mol. The smallest absolute Gasteiger partial charge is 0.508 e. The van der Waals surface area contributed by atoms with E-state index in [2.05, 4.69) is 4.98 Å². The topological polar surface area (TPSA) is 91.5 Å². The van der Waals surface area contributed by atoms with E-state index < -0.39 is 11.9 Å².